The fraction of sp³-hybridized carbons (Fsp3) is 0.471. The molecule has 0 spiro atoms. The van der Waals surface area contributed by atoms with Gasteiger partial charge in [-0.15, -0.1) is 16.9 Å². The minimum Gasteiger partial charge on any atom is -0.320 e. The van der Waals surface area contributed by atoms with Gasteiger partial charge in [-0.2, -0.15) is 0 Å². The van der Waals surface area contributed by atoms with E-state index < -0.39 is 0 Å². The Morgan fingerprint density at radius 1 is 1.33 bits per heavy atom. The van der Waals surface area contributed by atoms with E-state index in [0.29, 0.717) is 17.0 Å². The number of carbonyl (C=O) groups is 1. The summed E-state index contributed by atoms with van der Waals surface area (Å²) >= 11 is 1.73. The van der Waals surface area contributed by atoms with Gasteiger partial charge in [-0.3, -0.25) is 4.79 Å². The predicted octanol–water partition coefficient (Wildman–Crippen LogP) is 2.96. The standard InChI is InChI=1S/C17H23N5OS/c1-12(2)24-16-6-4-3-5-14(16)19-17(23)15-11-22(21-20-15)13-7-9-18-10-8-13/h3-6,11-13,18H,7-10H2,1-2H3,(H,19,23). The van der Waals surface area contributed by atoms with E-state index in [2.05, 4.69) is 34.8 Å². The molecule has 1 amide bonds. The number of rotatable bonds is 5. The number of nitrogens with zero attached hydrogens (tertiary/aromatic N) is 3. The van der Waals surface area contributed by atoms with E-state index >= 15 is 0 Å². The van der Waals surface area contributed by atoms with Crippen molar-refractivity contribution in [2.24, 2.45) is 0 Å². The van der Waals surface area contributed by atoms with Gasteiger partial charge in [-0.05, 0) is 38.1 Å². The van der Waals surface area contributed by atoms with E-state index in [1.165, 1.54) is 0 Å². The maximum Gasteiger partial charge on any atom is 0.277 e. The molecule has 2 N–H and O–H groups in total. The number of anilines is 1. The van der Waals surface area contributed by atoms with Crippen LogP contribution in [0.15, 0.2) is 35.4 Å². The zero-order chi connectivity index (χ0) is 16.9. The van der Waals surface area contributed by atoms with Crippen molar-refractivity contribution < 1.29 is 4.79 Å². The summed E-state index contributed by atoms with van der Waals surface area (Å²) in [6.45, 7) is 6.22. The zero-order valence-corrected chi connectivity index (χ0v) is 14.8. The Labute approximate surface area is 146 Å². The van der Waals surface area contributed by atoms with Crippen molar-refractivity contribution in [1.29, 1.82) is 0 Å². The van der Waals surface area contributed by atoms with E-state index in [-0.39, 0.29) is 5.91 Å². The van der Waals surface area contributed by atoms with Crippen molar-refractivity contribution in [3.8, 4) is 0 Å². The van der Waals surface area contributed by atoms with Gasteiger partial charge in [0.2, 0.25) is 0 Å². The number of hydrogen-bond donors (Lipinski definition) is 2. The molecule has 1 aromatic carbocycles. The molecule has 1 aromatic heterocycles. The van der Waals surface area contributed by atoms with Gasteiger partial charge in [0, 0.05) is 10.1 Å². The zero-order valence-electron chi connectivity index (χ0n) is 14.0. The van der Waals surface area contributed by atoms with E-state index in [4.69, 9.17) is 0 Å². The number of hydrogen-bond acceptors (Lipinski definition) is 5. The van der Waals surface area contributed by atoms with Gasteiger partial charge < -0.3 is 10.6 Å². The quantitative estimate of drug-likeness (QED) is 0.815. The first kappa shape index (κ1) is 17.0. The smallest absolute Gasteiger partial charge is 0.277 e. The first-order valence-corrected chi connectivity index (χ1v) is 9.21. The van der Waals surface area contributed by atoms with Crippen LogP contribution in [0.4, 0.5) is 5.69 Å². The number of aromatic nitrogens is 3. The minimum atomic E-state index is -0.216. The van der Waals surface area contributed by atoms with Crippen molar-refractivity contribution in [1.82, 2.24) is 20.3 Å². The molecule has 1 saturated heterocycles. The lowest BCUT2D eigenvalue weighted by atomic mass is 10.1. The van der Waals surface area contributed by atoms with Crippen LogP contribution in [-0.2, 0) is 0 Å². The van der Waals surface area contributed by atoms with Crippen LogP contribution in [0.5, 0.6) is 0 Å². The number of benzene rings is 1. The number of para-hydroxylation sites is 1. The Bertz CT molecular complexity index is 694. The number of piperidine rings is 1. The molecule has 0 unspecified atom stereocenters. The van der Waals surface area contributed by atoms with Crippen molar-refractivity contribution in [3.05, 3.63) is 36.2 Å². The third kappa shape index (κ3) is 4.15. The van der Waals surface area contributed by atoms with Crippen LogP contribution < -0.4 is 10.6 Å². The Kier molecular flexibility index (Phi) is 5.52. The second-order valence-corrected chi connectivity index (χ2v) is 7.80. The number of amides is 1. The van der Waals surface area contributed by atoms with Crippen molar-refractivity contribution in [2.45, 2.75) is 42.9 Å². The lowest BCUT2D eigenvalue weighted by molar-refractivity contribution is 0.102. The average Bonchev–Trinajstić information content (AvgIpc) is 3.07. The predicted molar refractivity (Wildman–Crippen MR) is 96.6 cm³/mol. The molecule has 0 saturated carbocycles. The second kappa shape index (κ2) is 7.81. The van der Waals surface area contributed by atoms with E-state index in [1.807, 2.05) is 28.9 Å². The third-order valence-corrected chi connectivity index (χ3v) is 5.00. The van der Waals surface area contributed by atoms with Crippen molar-refractivity contribution >= 4 is 23.4 Å². The summed E-state index contributed by atoms with van der Waals surface area (Å²) in [6, 6.07) is 8.16. The highest BCUT2D eigenvalue weighted by Crippen LogP contribution is 2.30. The molecule has 6 nitrogen and oxygen atoms in total. The minimum absolute atomic E-state index is 0.216. The molecule has 7 heteroatoms. The molecule has 24 heavy (non-hydrogen) atoms. The average molecular weight is 345 g/mol. The molecular formula is C17H23N5OS. The Morgan fingerprint density at radius 3 is 2.83 bits per heavy atom. The second-order valence-electron chi connectivity index (χ2n) is 6.18. The van der Waals surface area contributed by atoms with Gasteiger partial charge in [-0.1, -0.05) is 31.2 Å². The first-order valence-electron chi connectivity index (χ1n) is 8.33. The summed E-state index contributed by atoms with van der Waals surface area (Å²) in [4.78, 5) is 13.6. The maximum absolute atomic E-state index is 12.5. The molecule has 3 rings (SSSR count). The molecule has 1 aliphatic rings. The SMILES string of the molecule is CC(C)Sc1ccccc1NC(=O)c1cn(C2CCNCC2)nn1. The lowest BCUT2D eigenvalue weighted by Crippen LogP contribution is -2.29. The molecule has 1 aliphatic heterocycles. The highest BCUT2D eigenvalue weighted by molar-refractivity contribution is 8.00. The molecular weight excluding hydrogens is 322 g/mol. The maximum atomic E-state index is 12.5. The number of carbonyl (C=O) groups excluding carboxylic acids is 1. The van der Waals surface area contributed by atoms with E-state index in [9.17, 15) is 4.79 Å². The molecule has 128 valence electrons. The van der Waals surface area contributed by atoms with Crippen LogP contribution in [0.3, 0.4) is 0 Å². The van der Waals surface area contributed by atoms with Gasteiger partial charge in [0.1, 0.15) is 0 Å². The van der Waals surface area contributed by atoms with Crippen LogP contribution in [-0.4, -0.2) is 39.2 Å². The normalized spacial score (nSPS) is 15.6. The van der Waals surface area contributed by atoms with Crippen LogP contribution in [0, 0.1) is 0 Å². The monoisotopic (exact) mass is 345 g/mol. The summed E-state index contributed by atoms with van der Waals surface area (Å²) in [6.07, 6.45) is 3.78. The Hall–Kier alpha value is -1.86. The summed E-state index contributed by atoms with van der Waals surface area (Å²) in [5.41, 5.74) is 1.18. The molecule has 2 heterocycles. The molecule has 2 aromatic rings. The lowest BCUT2D eigenvalue weighted by Gasteiger charge is -2.22. The van der Waals surface area contributed by atoms with Gasteiger partial charge in [0.25, 0.3) is 5.91 Å². The molecule has 0 aliphatic carbocycles. The highest BCUT2D eigenvalue weighted by atomic mass is 32.2. The number of thioether (sulfide) groups is 1. The topological polar surface area (TPSA) is 71.8 Å². The summed E-state index contributed by atoms with van der Waals surface area (Å²) in [7, 11) is 0. The van der Waals surface area contributed by atoms with Crippen molar-refractivity contribution in [2.75, 3.05) is 18.4 Å². The van der Waals surface area contributed by atoms with Crippen molar-refractivity contribution in [3.63, 3.8) is 0 Å². The Balaban J connectivity index is 1.70. The van der Waals surface area contributed by atoms with Crippen LogP contribution in [0.1, 0.15) is 43.2 Å². The van der Waals surface area contributed by atoms with Gasteiger partial charge >= 0.3 is 0 Å². The Morgan fingerprint density at radius 2 is 2.08 bits per heavy atom. The van der Waals surface area contributed by atoms with Crippen LogP contribution >= 0.6 is 11.8 Å². The van der Waals surface area contributed by atoms with Crippen LogP contribution in [0.25, 0.3) is 0 Å². The summed E-state index contributed by atoms with van der Waals surface area (Å²) in [5.74, 6) is -0.216. The molecule has 0 bridgehead atoms. The van der Waals surface area contributed by atoms with Gasteiger partial charge in [-0.25, -0.2) is 4.68 Å². The first-order chi connectivity index (χ1) is 11.6. The van der Waals surface area contributed by atoms with Gasteiger partial charge in [0.05, 0.1) is 17.9 Å². The molecule has 0 atom stereocenters. The highest BCUT2D eigenvalue weighted by Gasteiger charge is 2.19. The summed E-state index contributed by atoms with van der Waals surface area (Å²) < 4.78 is 1.82. The van der Waals surface area contributed by atoms with Crippen LogP contribution in [0.2, 0.25) is 0 Å². The van der Waals surface area contributed by atoms with E-state index in [1.54, 1.807) is 18.0 Å². The fourth-order valence-electron chi connectivity index (χ4n) is 2.74. The largest absolute Gasteiger partial charge is 0.320 e. The fourth-order valence-corrected chi connectivity index (χ4v) is 3.65. The van der Waals surface area contributed by atoms with Gasteiger partial charge in [0.15, 0.2) is 5.69 Å². The summed E-state index contributed by atoms with van der Waals surface area (Å²) in [5, 5.41) is 14.9. The van der Waals surface area contributed by atoms with E-state index in [0.717, 1.165) is 36.5 Å². The number of nitrogens with one attached hydrogen (secondary N) is 2. The third-order valence-electron chi connectivity index (χ3n) is 3.92. The molecule has 1 fully saturated rings. The molecule has 0 radical (unpaired) electrons.